The number of carbonyl (C=O) groups excluding carboxylic acids is 1. The summed E-state index contributed by atoms with van der Waals surface area (Å²) < 4.78 is 0.787. The minimum atomic E-state index is -0.0265. The Morgan fingerprint density at radius 3 is 2.83 bits per heavy atom. The van der Waals surface area contributed by atoms with Crippen LogP contribution in [0.4, 0.5) is 0 Å². The van der Waals surface area contributed by atoms with E-state index in [-0.39, 0.29) is 5.91 Å². The first-order chi connectivity index (χ1) is 8.65. The summed E-state index contributed by atoms with van der Waals surface area (Å²) >= 11 is 7.40. The van der Waals surface area contributed by atoms with Gasteiger partial charge in [-0.3, -0.25) is 4.79 Å². The minimum Gasteiger partial charge on any atom is -0.352 e. The number of rotatable bonds is 4. The van der Waals surface area contributed by atoms with Gasteiger partial charge < -0.3 is 5.32 Å². The molecule has 2 rings (SSSR count). The zero-order valence-corrected chi connectivity index (χ0v) is 11.6. The van der Waals surface area contributed by atoms with E-state index in [1.807, 2.05) is 43.3 Å². The molecule has 4 heteroatoms. The normalized spacial score (nSPS) is 10.3. The van der Waals surface area contributed by atoms with E-state index in [1.54, 1.807) is 11.3 Å². The van der Waals surface area contributed by atoms with Crippen molar-refractivity contribution in [1.29, 1.82) is 0 Å². The van der Waals surface area contributed by atoms with Gasteiger partial charge in [-0.25, -0.2) is 0 Å². The Morgan fingerprint density at radius 2 is 2.17 bits per heavy atom. The van der Waals surface area contributed by atoms with E-state index >= 15 is 0 Å². The summed E-state index contributed by atoms with van der Waals surface area (Å²) in [5.74, 6) is -0.0265. The Kier molecular flexibility index (Phi) is 4.39. The zero-order chi connectivity index (χ0) is 13.0. The maximum absolute atomic E-state index is 11.9. The van der Waals surface area contributed by atoms with Crippen LogP contribution >= 0.6 is 22.9 Å². The summed E-state index contributed by atoms with van der Waals surface area (Å²) in [6, 6.07) is 11.4. The first kappa shape index (κ1) is 13.1. The molecule has 94 valence electrons. The Bertz CT molecular complexity index is 550. The molecule has 1 amide bonds. The highest BCUT2D eigenvalue weighted by Gasteiger charge is 2.05. The van der Waals surface area contributed by atoms with Crippen LogP contribution in [0.25, 0.3) is 0 Å². The van der Waals surface area contributed by atoms with Crippen molar-refractivity contribution < 1.29 is 4.79 Å². The molecule has 0 saturated heterocycles. The fraction of sp³-hybridized carbons (Fsp3) is 0.214. The summed E-state index contributed by atoms with van der Waals surface area (Å²) in [7, 11) is 0. The second-order valence-electron chi connectivity index (χ2n) is 4.08. The number of thiophene rings is 1. The lowest BCUT2D eigenvalue weighted by Crippen LogP contribution is -2.25. The number of hydrogen-bond acceptors (Lipinski definition) is 2. The van der Waals surface area contributed by atoms with E-state index in [9.17, 15) is 4.79 Å². The van der Waals surface area contributed by atoms with E-state index in [2.05, 4.69) is 5.32 Å². The average Bonchev–Trinajstić information content (AvgIpc) is 2.75. The first-order valence-electron chi connectivity index (χ1n) is 5.74. The number of aryl methyl sites for hydroxylation is 1. The smallest absolute Gasteiger partial charge is 0.251 e. The molecule has 0 unspecified atom stereocenters. The van der Waals surface area contributed by atoms with Gasteiger partial charge in [0.2, 0.25) is 0 Å². The number of amides is 1. The van der Waals surface area contributed by atoms with E-state index in [4.69, 9.17) is 11.6 Å². The summed E-state index contributed by atoms with van der Waals surface area (Å²) in [4.78, 5) is 13.0. The highest BCUT2D eigenvalue weighted by Crippen LogP contribution is 2.21. The number of halogens is 1. The molecule has 0 atom stereocenters. The Hall–Kier alpha value is -1.32. The van der Waals surface area contributed by atoms with Crippen LogP contribution in [0.1, 0.15) is 20.8 Å². The molecule has 2 nitrogen and oxygen atoms in total. The molecule has 1 aromatic carbocycles. The lowest BCUT2D eigenvalue weighted by molar-refractivity contribution is 0.0954. The third-order valence-corrected chi connectivity index (χ3v) is 3.86. The maximum atomic E-state index is 11.9. The summed E-state index contributed by atoms with van der Waals surface area (Å²) in [5, 5.41) is 2.91. The highest BCUT2D eigenvalue weighted by atomic mass is 35.5. The lowest BCUT2D eigenvalue weighted by atomic mass is 10.1. The van der Waals surface area contributed by atoms with Crippen LogP contribution in [0, 0.1) is 6.92 Å². The van der Waals surface area contributed by atoms with Gasteiger partial charge in [-0.05, 0) is 37.6 Å². The third-order valence-electron chi connectivity index (χ3n) is 2.57. The molecule has 0 aliphatic heterocycles. The third kappa shape index (κ3) is 3.59. The molecular weight excluding hydrogens is 266 g/mol. The summed E-state index contributed by atoms with van der Waals surface area (Å²) in [6.07, 6.45) is 0.814. The molecular formula is C14H14ClNOS. The molecule has 0 bridgehead atoms. The van der Waals surface area contributed by atoms with Crippen molar-refractivity contribution in [1.82, 2.24) is 5.32 Å². The van der Waals surface area contributed by atoms with Crippen LogP contribution in [-0.4, -0.2) is 12.5 Å². The van der Waals surface area contributed by atoms with E-state index < -0.39 is 0 Å². The topological polar surface area (TPSA) is 29.1 Å². The summed E-state index contributed by atoms with van der Waals surface area (Å²) in [5.41, 5.74) is 1.80. The van der Waals surface area contributed by atoms with Crippen LogP contribution in [0.5, 0.6) is 0 Å². The van der Waals surface area contributed by atoms with Crippen LogP contribution in [0.2, 0.25) is 4.34 Å². The van der Waals surface area contributed by atoms with Crippen LogP contribution in [0.15, 0.2) is 36.4 Å². The summed E-state index contributed by atoms with van der Waals surface area (Å²) in [6.45, 7) is 2.61. The van der Waals surface area contributed by atoms with Crippen LogP contribution in [0.3, 0.4) is 0 Å². The standard InChI is InChI=1S/C14H14ClNOS/c1-10-3-2-4-11(9-10)14(17)16-8-7-12-5-6-13(15)18-12/h2-6,9H,7-8H2,1H3,(H,16,17). The molecule has 0 aliphatic carbocycles. The molecule has 1 heterocycles. The number of carbonyl (C=O) groups is 1. The molecule has 1 N–H and O–H groups in total. The Morgan fingerprint density at radius 1 is 1.33 bits per heavy atom. The van der Waals surface area contributed by atoms with Crippen molar-refractivity contribution in [3.05, 3.63) is 56.7 Å². The van der Waals surface area contributed by atoms with Gasteiger partial charge in [0.15, 0.2) is 0 Å². The van der Waals surface area contributed by atoms with Gasteiger partial charge in [-0.2, -0.15) is 0 Å². The van der Waals surface area contributed by atoms with Crippen molar-refractivity contribution in [2.24, 2.45) is 0 Å². The van der Waals surface area contributed by atoms with Crippen molar-refractivity contribution >= 4 is 28.8 Å². The maximum Gasteiger partial charge on any atom is 0.251 e. The average molecular weight is 280 g/mol. The molecule has 1 aromatic heterocycles. The van der Waals surface area contributed by atoms with Gasteiger partial charge in [0, 0.05) is 17.0 Å². The SMILES string of the molecule is Cc1cccc(C(=O)NCCc2ccc(Cl)s2)c1. The van der Waals surface area contributed by atoms with Gasteiger partial charge in [-0.1, -0.05) is 29.3 Å². The predicted molar refractivity (Wildman–Crippen MR) is 76.5 cm³/mol. The second kappa shape index (κ2) is 6.03. The fourth-order valence-corrected chi connectivity index (χ4v) is 2.76. The zero-order valence-electron chi connectivity index (χ0n) is 10.1. The molecule has 0 saturated carbocycles. The van der Waals surface area contributed by atoms with Gasteiger partial charge in [0.05, 0.1) is 4.34 Å². The van der Waals surface area contributed by atoms with Gasteiger partial charge >= 0.3 is 0 Å². The molecule has 0 spiro atoms. The van der Waals surface area contributed by atoms with Gasteiger partial charge in [-0.15, -0.1) is 11.3 Å². The van der Waals surface area contributed by atoms with E-state index in [0.717, 1.165) is 16.3 Å². The second-order valence-corrected chi connectivity index (χ2v) is 5.88. The molecule has 2 aromatic rings. The number of nitrogens with one attached hydrogen (secondary N) is 1. The Labute approximate surface area is 116 Å². The predicted octanol–water partition coefficient (Wildman–Crippen LogP) is 3.68. The van der Waals surface area contributed by atoms with Gasteiger partial charge in [0.25, 0.3) is 5.91 Å². The number of hydrogen-bond donors (Lipinski definition) is 1. The van der Waals surface area contributed by atoms with Crippen LogP contribution < -0.4 is 5.32 Å². The lowest BCUT2D eigenvalue weighted by Gasteiger charge is -2.04. The molecule has 0 radical (unpaired) electrons. The van der Waals surface area contributed by atoms with E-state index in [1.165, 1.54) is 4.88 Å². The van der Waals surface area contributed by atoms with Crippen molar-refractivity contribution in [2.75, 3.05) is 6.54 Å². The monoisotopic (exact) mass is 279 g/mol. The molecule has 0 fully saturated rings. The largest absolute Gasteiger partial charge is 0.352 e. The Balaban J connectivity index is 1.85. The van der Waals surface area contributed by atoms with Crippen molar-refractivity contribution in [3.8, 4) is 0 Å². The molecule has 18 heavy (non-hydrogen) atoms. The van der Waals surface area contributed by atoms with E-state index in [0.29, 0.717) is 12.1 Å². The fourth-order valence-electron chi connectivity index (χ4n) is 1.67. The van der Waals surface area contributed by atoms with Crippen LogP contribution in [-0.2, 0) is 6.42 Å². The molecule has 0 aliphatic rings. The first-order valence-corrected chi connectivity index (χ1v) is 6.93. The minimum absolute atomic E-state index is 0.0265. The van der Waals surface area contributed by atoms with Gasteiger partial charge in [0.1, 0.15) is 0 Å². The van der Waals surface area contributed by atoms with Crippen molar-refractivity contribution in [2.45, 2.75) is 13.3 Å². The highest BCUT2D eigenvalue weighted by molar-refractivity contribution is 7.16. The quantitative estimate of drug-likeness (QED) is 0.909. The number of benzene rings is 1. The van der Waals surface area contributed by atoms with Crippen molar-refractivity contribution in [3.63, 3.8) is 0 Å².